The summed E-state index contributed by atoms with van der Waals surface area (Å²) in [5, 5.41) is 20.4. The maximum Gasteiger partial charge on any atom is 0.326 e. The molecule has 0 aliphatic carbocycles. The minimum absolute atomic E-state index is 0.143. The molecule has 1 unspecified atom stereocenters. The molecule has 0 bridgehead atoms. The molecule has 3 rings (SSSR count). The van der Waals surface area contributed by atoms with Gasteiger partial charge in [0.05, 0.1) is 11.8 Å². The van der Waals surface area contributed by atoms with Gasteiger partial charge in [-0.15, -0.1) is 0 Å². The van der Waals surface area contributed by atoms with Crippen molar-refractivity contribution in [3.8, 4) is 11.3 Å². The molecular weight excluding hydrogens is 378 g/mol. The highest BCUT2D eigenvalue weighted by Crippen LogP contribution is 2.23. The van der Waals surface area contributed by atoms with Crippen LogP contribution in [0.3, 0.4) is 0 Å². The van der Waals surface area contributed by atoms with Gasteiger partial charge in [0.1, 0.15) is 17.4 Å². The molecule has 3 N–H and O–H groups in total. The van der Waals surface area contributed by atoms with Crippen LogP contribution in [-0.4, -0.2) is 34.1 Å². The number of aliphatic carboxylic acids is 2. The van der Waals surface area contributed by atoms with Gasteiger partial charge in [-0.05, 0) is 31.2 Å². The molecule has 29 heavy (non-hydrogen) atoms. The highest BCUT2D eigenvalue weighted by atomic mass is 16.4. The van der Waals surface area contributed by atoms with Crippen LogP contribution in [0.25, 0.3) is 22.3 Å². The number of rotatable bonds is 6. The van der Waals surface area contributed by atoms with E-state index in [9.17, 15) is 19.2 Å². The van der Waals surface area contributed by atoms with Crippen LogP contribution in [0, 0.1) is 6.92 Å². The Hall–Kier alpha value is -3.94. The molecule has 8 nitrogen and oxygen atoms in total. The number of aryl methyl sites for hydroxylation is 1. The van der Waals surface area contributed by atoms with Crippen LogP contribution < -0.4 is 10.7 Å². The summed E-state index contributed by atoms with van der Waals surface area (Å²) in [5.74, 6) is -3.17. The molecular formula is C21H17NO7. The van der Waals surface area contributed by atoms with Crippen LogP contribution in [0.1, 0.15) is 22.3 Å². The lowest BCUT2D eigenvalue weighted by molar-refractivity contribution is -0.145. The lowest BCUT2D eigenvalue weighted by atomic mass is 10.1. The maximum absolute atomic E-state index is 12.3. The Labute approximate surface area is 164 Å². The average Bonchev–Trinajstić information content (AvgIpc) is 2.67. The molecule has 1 amide bonds. The minimum Gasteiger partial charge on any atom is -0.481 e. The first-order valence-corrected chi connectivity index (χ1v) is 8.65. The van der Waals surface area contributed by atoms with Crippen molar-refractivity contribution in [2.75, 3.05) is 0 Å². The molecule has 2 aromatic carbocycles. The number of carboxylic acid groups (broad SMARTS) is 2. The van der Waals surface area contributed by atoms with Crippen molar-refractivity contribution in [2.45, 2.75) is 19.4 Å². The molecule has 0 saturated carbocycles. The molecule has 3 aromatic rings. The average molecular weight is 395 g/mol. The molecule has 148 valence electrons. The van der Waals surface area contributed by atoms with Crippen molar-refractivity contribution in [1.82, 2.24) is 5.32 Å². The van der Waals surface area contributed by atoms with Crippen LogP contribution >= 0.6 is 0 Å². The zero-order chi connectivity index (χ0) is 21.1. The van der Waals surface area contributed by atoms with Crippen LogP contribution in [0.15, 0.2) is 57.7 Å². The Morgan fingerprint density at radius 2 is 1.72 bits per heavy atom. The number of fused-ring (bicyclic) bond motifs is 1. The normalized spacial score (nSPS) is 11.8. The smallest absolute Gasteiger partial charge is 0.326 e. The largest absolute Gasteiger partial charge is 0.481 e. The van der Waals surface area contributed by atoms with E-state index in [1.165, 1.54) is 18.2 Å². The zero-order valence-electron chi connectivity index (χ0n) is 15.3. The second kappa shape index (κ2) is 7.97. The molecule has 1 atom stereocenters. The molecule has 0 aliphatic heterocycles. The first kappa shape index (κ1) is 19.8. The number of amides is 1. The van der Waals surface area contributed by atoms with E-state index < -0.39 is 30.3 Å². The number of hydrogen-bond donors (Lipinski definition) is 3. The zero-order valence-corrected chi connectivity index (χ0v) is 15.3. The Morgan fingerprint density at radius 3 is 2.34 bits per heavy atom. The van der Waals surface area contributed by atoms with E-state index in [4.69, 9.17) is 14.6 Å². The summed E-state index contributed by atoms with van der Waals surface area (Å²) < 4.78 is 5.78. The third kappa shape index (κ3) is 4.49. The lowest BCUT2D eigenvalue weighted by Crippen LogP contribution is -2.42. The predicted molar refractivity (Wildman–Crippen MR) is 104 cm³/mol. The van der Waals surface area contributed by atoms with Crippen LogP contribution in [0.4, 0.5) is 0 Å². The van der Waals surface area contributed by atoms with Gasteiger partial charge in [-0.1, -0.05) is 23.8 Å². The van der Waals surface area contributed by atoms with E-state index in [1.807, 2.05) is 13.0 Å². The number of hydrogen-bond acceptors (Lipinski definition) is 5. The molecule has 1 aromatic heterocycles. The van der Waals surface area contributed by atoms with Gasteiger partial charge in [-0.2, -0.15) is 0 Å². The number of carbonyl (C=O) groups is 3. The third-order valence-electron chi connectivity index (χ3n) is 4.30. The van der Waals surface area contributed by atoms with Gasteiger partial charge in [0.15, 0.2) is 5.43 Å². The lowest BCUT2D eigenvalue weighted by Gasteiger charge is -2.12. The summed E-state index contributed by atoms with van der Waals surface area (Å²) in [4.78, 5) is 46.4. The monoisotopic (exact) mass is 395 g/mol. The minimum atomic E-state index is -1.54. The van der Waals surface area contributed by atoms with E-state index in [0.29, 0.717) is 22.3 Å². The van der Waals surface area contributed by atoms with Gasteiger partial charge in [0, 0.05) is 17.2 Å². The summed E-state index contributed by atoms with van der Waals surface area (Å²) in [6, 6.07) is 11.1. The van der Waals surface area contributed by atoms with E-state index >= 15 is 0 Å². The van der Waals surface area contributed by atoms with E-state index in [1.54, 1.807) is 24.3 Å². The number of benzene rings is 2. The van der Waals surface area contributed by atoms with Crippen molar-refractivity contribution < 1.29 is 29.0 Å². The van der Waals surface area contributed by atoms with Crippen molar-refractivity contribution in [1.29, 1.82) is 0 Å². The van der Waals surface area contributed by atoms with Gasteiger partial charge in [0.2, 0.25) is 0 Å². The Bertz CT molecular complexity index is 1160. The molecule has 0 saturated heterocycles. The summed E-state index contributed by atoms with van der Waals surface area (Å²) in [7, 11) is 0. The summed E-state index contributed by atoms with van der Waals surface area (Å²) in [6.07, 6.45) is -0.735. The fourth-order valence-corrected chi connectivity index (χ4v) is 2.81. The Kier molecular flexibility index (Phi) is 5.45. The third-order valence-corrected chi connectivity index (χ3v) is 4.30. The number of carboxylic acids is 2. The Morgan fingerprint density at radius 1 is 1.03 bits per heavy atom. The second-order valence-corrected chi connectivity index (χ2v) is 6.51. The summed E-state index contributed by atoms with van der Waals surface area (Å²) >= 11 is 0. The SMILES string of the molecule is Cc1ccc2oc(-c3ccc(C(=O)NC(CC(=O)O)C(=O)O)cc3)cc(=O)c2c1. The first-order chi connectivity index (χ1) is 13.7. The van der Waals surface area contributed by atoms with Crippen LogP contribution in [-0.2, 0) is 9.59 Å². The number of carbonyl (C=O) groups excluding carboxylic acids is 1. The summed E-state index contributed by atoms with van der Waals surface area (Å²) in [5.41, 5.74) is 1.89. The molecule has 0 fully saturated rings. The van der Waals surface area contributed by atoms with Crippen molar-refractivity contribution in [3.05, 3.63) is 69.9 Å². The van der Waals surface area contributed by atoms with Crippen molar-refractivity contribution >= 4 is 28.8 Å². The molecule has 8 heteroatoms. The second-order valence-electron chi connectivity index (χ2n) is 6.51. The topological polar surface area (TPSA) is 134 Å². The van der Waals surface area contributed by atoms with Crippen molar-refractivity contribution in [2.24, 2.45) is 0 Å². The highest BCUT2D eigenvalue weighted by molar-refractivity contribution is 5.97. The fourth-order valence-electron chi connectivity index (χ4n) is 2.81. The number of nitrogens with one attached hydrogen (secondary N) is 1. The fraction of sp³-hybridized carbons (Fsp3) is 0.143. The van der Waals surface area contributed by atoms with Gasteiger partial charge in [-0.3, -0.25) is 14.4 Å². The van der Waals surface area contributed by atoms with Crippen LogP contribution in [0.2, 0.25) is 0 Å². The molecule has 0 radical (unpaired) electrons. The van der Waals surface area contributed by atoms with E-state index in [-0.39, 0.29) is 11.0 Å². The van der Waals surface area contributed by atoms with Crippen LogP contribution in [0.5, 0.6) is 0 Å². The van der Waals surface area contributed by atoms with Gasteiger partial charge >= 0.3 is 11.9 Å². The van der Waals surface area contributed by atoms with E-state index in [2.05, 4.69) is 5.32 Å². The molecule has 0 aliphatic rings. The van der Waals surface area contributed by atoms with Gasteiger partial charge in [0.25, 0.3) is 5.91 Å². The molecule has 0 spiro atoms. The van der Waals surface area contributed by atoms with Gasteiger partial charge in [-0.25, -0.2) is 4.79 Å². The van der Waals surface area contributed by atoms with Crippen molar-refractivity contribution in [3.63, 3.8) is 0 Å². The summed E-state index contributed by atoms with van der Waals surface area (Å²) in [6.45, 7) is 1.88. The Balaban J connectivity index is 1.85. The quantitative estimate of drug-likeness (QED) is 0.583. The molecule has 1 heterocycles. The maximum atomic E-state index is 12.3. The predicted octanol–water partition coefficient (Wildman–Crippen LogP) is 2.43. The first-order valence-electron chi connectivity index (χ1n) is 8.65. The van der Waals surface area contributed by atoms with E-state index in [0.717, 1.165) is 5.56 Å². The highest BCUT2D eigenvalue weighted by Gasteiger charge is 2.23. The standard InChI is InChI=1S/C21H17NO7/c1-11-2-7-17-14(8-11)16(23)10-18(29-17)12-3-5-13(6-4-12)20(26)22-15(21(27)28)9-19(24)25/h2-8,10,15H,9H2,1H3,(H,22,26)(H,24,25)(H,27,28). The van der Waals surface area contributed by atoms with Gasteiger partial charge < -0.3 is 19.9 Å².